The summed E-state index contributed by atoms with van der Waals surface area (Å²) in [6.07, 6.45) is 1.82. The molecule has 0 fully saturated rings. The van der Waals surface area contributed by atoms with Crippen LogP contribution >= 0.6 is 33.9 Å². The molecule has 44 heavy (non-hydrogen) atoms. The number of nitrogens with zero attached hydrogens (tertiary/aromatic N) is 2. The van der Waals surface area contributed by atoms with E-state index >= 15 is 0 Å². The molecule has 3 aromatic carbocycles. The van der Waals surface area contributed by atoms with Crippen LogP contribution < -0.4 is 24.4 Å². The predicted octanol–water partition coefficient (Wildman–Crippen LogP) is 6.46. The summed E-state index contributed by atoms with van der Waals surface area (Å²) in [5.74, 6) is 1.09. The Labute approximate surface area is 274 Å². The van der Waals surface area contributed by atoms with Crippen molar-refractivity contribution in [1.29, 1.82) is 0 Å². The number of fused-ring (bicyclic) bond motifs is 1. The van der Waals surface area contributed by atoms with Gasteiger partial charge in [-0.1, -0.05) is 79.8 Å². The van der Waals surface area contributed by atoms with Gasteiger partial charge < -0.3 is 14.2 Å². The number of esters is 1. The molecule has 0 saturated carbocycles. The predicted molar refractivity (Wildman–Crippen MR) is 183 cm³/mol. The Morgan fingerprint density at radius 2 is 1.77 bits per heavy atom. The molecule has 0 saturated heterocycles. The molecule has 1 atom stereocenters. The number of carbonyl (C=O) groups excluding carboxylic acids is 1. The molecule has 1 aliphatic heterocycles. The van der Waals surface area contributed by atoms with E-state index in [-0.39, 0.29) is 18.3 Å². The highest BCUT2D eigenvalue weighted by Crippen LogP contribution is 2.37. The first-order valence-corrected chi connectivity index (χ1v) is 16.4. The van der Waals surface area contributed by atoms with E-state index in [1.807, 2.05) is 74.5 Å². The molecule has 7 nitrogen and oxygen atoms in total. The van der Waals surface area contributed by atoms with Gasteiger partial charge in [0.1, 0.15) is 0 Å². The van der Waals surface area contributed by atoms with E-state index in [9.17, 15) is 9.59 Å². The molecule has 228 valence electrons. The minimum atomic E-state index is -0.722. The maximum absolute atomic E-state index is 14.2. The third kappa shape index (κ3) is 6.39. The monoisotopic (exact) mass is 722 g/mol. The molecule has 5 rings (SSSR count). The second-order valence-electron chi connectivity index (χ2n) is 11.0. The molecule has 2 heterocycles. The average molecular weight is 723 g/mol. The molecule has 0 amide bonds. The molecule has 1 aromatic heterocycles. The summed E-state index contributed by atoms with van der Waals surface area (Å²) in [5.41, 5.74) is 4.13. The van der Waals surface area contributed by atoms with E-state index in [1.165, 1.54) is 16.9 Å². The Kier molecular flexibility index (Phi) is 9.75. The van der Waals surface area contributed by atoms with E-state index in [0.29, 0.717) is 38.0 Å². The van der Waals surface area contributed by atoms with Crippen LogP contribution in [-0.2, 0) is 9.53 Å². The van der Waals surface area contributed by atoms with Gasteiger partial charge in [0.15, 0.2) is 16.3 Å². The molecular formula is C35H35IN2O5S. The number of hydrogen-bond acceptors (Lipinski definition) is 7. The van der Waals surface area contributed by atoms with Crippen LogP contribution in [0.5, 0.6) is 11.5 Å². The Bertz CT molecular complexity index is 1890. The van der Waals surface area contributed by atoms with Crippen LogP contribution in [0, 0.1) is 3.57 Å². The van der Waals surface area contributed by atoms with E-state index < -0.39 is 12.0 Å². The SMILES string of the molecule is CCOC(=O)C1=C(c2ccccc2)N=c2s/c(=C\c3cc(I)c(OC(C)C)c(OC)c3)c(=O)n2[C@@H]1c1ccc(C(C)C)cc1. The van der Waals surface area contributed by atoms with Crippen LogP contribution in [0.15, 0.2) is 82.1 Å². The van der Waals surface area contributed by atoms with Gasteiger partial charge in [-0.25, -0.2) is 9.79 Å². The van der Waals surface area contributed by atoms with Crippen molar-refractivity contribution in [2.45, 2.75) is 52.7 Å². The standard InChI is InChI=1S/C35H35IN2O5S/c1-7-42-34(40)29-30(24-11-9-8-10-12-24)37-35-38(31(29)25-15-13-23(14-16-25)20(2)3)33(39)28(44-35)19-22-17-26(36)32(43-21(4)5)27(18-22)41-6/h8-21,31H,7H2,1-6H3/b28-19-/t31-/m1/s1. The number of carbonyl (C=O) groups is 1. The van der Waals surface area contributed by atoms with Crippen molar-refractivity contribution < 1.29 is 19.0 Å². The van der Waals surface area contributed by atoms with E-state index in [1.54, 1.807) is 18.6 Å². The molecule has 9 heteroatoms. The van der Waals surface area contributed by atoms with Gasteiger partial charge in [0.25, 0.3) is 5.56 Å². The van der Waals surface area contributed by atoms with Gasteiger partial charge in [0, 0.05) is 5.56 Å². The lowest BCUT2D eigenvalue weighted by Gasteiger charge is -2.26. The topological polar surface area (TPSA) is 79.1 Å². The third-order valence-electron chi connectivity index (χ3n) is 7.20. The molecule has 0 aliphatic carbocycles. The zero-order valence-electron chi connectivity index (χ0n) is 25.6. The highest BCUT2D eigenvalue weighted by molar-refractivity contribution is 14.1. The zero-order chi connectivity index (χ0) is 31.5. The van der Waals surface area contributed by atoms with Crippen molar-refractivity contribution in [2.24, 2.45) is 4.99 Å². The lowest BCUT2D eigenvalue weighted by molar-refractivity contribution is -0.138. The first-order chi connectivity index (χ1) is 21.1. The fourth-order valence-electron chi connectivity index (χ4n) is 5.14. The van der Waals surface area contributed by atoms with Crippen molar-refractivity contribution >= 4 is 51.7 Å². The van der Waals surface area contributed by atoms with Crippen LogP contribution in [0.2, 0.25) is 0 Å². The summed E-state index contributed by atoms with van der Waals surface area (Å²) in [5, 5.41) is 0. The van der Waals surface area contributed by atoms with E-state index in [4.69, 9.17) is 19.2 Å². The number of thiazole rings is 1. The van der Waals surface area contributed by atoms with Crippen molar-refractivity contribution in [3.63, 3.8) is 0 Å². The fourth-order valence-corrected chi connectivity index (χ4v) is 6.90. The summed E-state index contributed by atoms with van der Waals surface area (Å²) in [6, 6.07) is 20.7. The largest absolute Gasteiger partial charge is 0.493 e. The Hall–Kier alpha value is -3.70. The summed E-state index contributed by atoms with van der Waals surface area (Å²) in [6.45, 7) is 10.2. The van der Waals surface area contributed by atoms with Gasteiger partial charge in [0.2, 0.25) is 0 Å². The quantitative estimate of drug-likeness (QED) is 0.147. The van der Waals surface area contributed by atoms with Crippen molar-refractivity contribution in [2.75, 3.05) is 13.7 Å². The molecule has 0 radical (unpaired) electrons. The second kappa shape index (κ2) is 13.5. The minimum Gasteiger partial charge on any atom is -0.493 e. The zero-order valence-corrected chi connectivity index (χ0v) is 28.6. The lowest BCUT2D eigenvalue weighted by atomic mass is 9.91. The van der Waals surface area contributed by atoms with Crippen LogP contribution in [0.4, 0.5) is 0 Å². The fraction of sp³-hybridized carbons (Fsp3) is 0.286. The van der Waals surface area contributed by atoms with E-state index in [2.05, 4.69) is 48.6 Å². The van der Waals surface area contributed by atoms with Gasteiger partial charge in [-0.2, -0.15) is 0 Å². The number of methoxy groups -OCH3 is 1. The van der Waals surface area contributed by atoms with Crippen LogP contribution in [0.25, 0.3) is 11.8 Å². The van der Waals surface area contributed by atoms with Gasteiger partial charge in [0.05, 0.1) is 45.2 Å². The Morgan fingerprint density at radius 1 is 1.07 bits per heavy atom. The van der Waals surface area contributed by atoms with Gasteiger partial charge >= 0.3 is 5.97 Å². The number of aromatic nitrogens is 1. The molecule has 0 spiro atoms. The van der Waals surface area contributed by atoms with Gasteiger partial charge in [-0.15, -0.1) is 0 Å². The molecule has 0 unspecified atom stereocenters. The first kappa shape index (κ1) is 31.7. The summed E-state index contributed by atoms with van der Waals surface area (Å²) < 4.78 is 20.2. The Morgan fingerprint density at radius 3 is 2.39 bits per heavy atom. The molecule has 0 bridgehead atoms. The Balaban J connectivity index is 1.77. The average Bonchev–Trinajstić information content (AvgIpc) is 3.31. The normalized spacial score (nSPS) is 14.9. The van der Waals surface area contributed by atoms with Crippen molar-refractivity contribution in [3.8, 4) is 11.5 Å². The summed E-state index contributed by atoms with van der Waals surface area (Å²) in [4.78, 5) is 33.4. The number of hydrogen-bond donors (Lipinski definition) is 0. The maximum Gasteiger partial charge on any atom is 0.338 e. The number of halogens is 1. The van der Waals surface area contributed by atoms with Crippen molar-refractivity contribution in [3.05, 3.63) is 118 Å². The van der Waals surface area contributed by atoms with Crippen molar-refractivity contribution in [1.82, 2.24) is 4.57 Å². The van der Waals surface area contributed by atoms with Gasteiger partial charge in [-0.05, 0) is 84.2 Å². The number of rotatable bonds is 9. The first-order valence-electron chi connectivity index (χ1n) is 14.5. The third-order valence-corrected chi connectivity index (χ3v) is 8.98. The minimum absolute atomic E-state index is 0.0195. The molecular weight excluding hydrogens is 687 g/mol. The number of ether oxygens (including phenoxy) is 3. The summed E-state index contributed by atoms with van der Waals surface area (Å²) >= 11 is 3.51. The smallest absolute Gasteiger partial charge is 0.338 e. The lowest BCUT2D eigenvalue weighted by Crippen LogP contribution is -2.40. The molecule has 1 aliphatic rings. The van der Waals surface area contributed by atoms with Crippen LogP contribution in [0.3, 0.4) is 0 Å². The van der Waals surface area contributed by atoms with Crippen LogP contribution in [-0.4, -0.2) is 30.4 Å². The second-order valence-corrected chi connectivity index (χ2v) is 13.1. The van der Waals surface area contributed by atoms with Crippen LogP contribution in [0.1, 0.15) is 68.8 Å². The van der Waals surface area contributed by atoms with E-state index in [0.717, 1.165) is 20.3 Å². The highest BCUT2D eigenvalue weighted by Gasteiger charge is 2.35. The highest BCUT2D eigenvalue weighted by atomic mass is 127. The summed E-state index contributed by atoms with van der Waals surface area (Å²) in [7, 11) is 1.60. The maximum atomic E-state index is 14.2. The van der Waals surface area contributed by atoms with Gasteiger partial charge in [-0.3, -0.25) is 9.36 Å². The molecule has 4 aromatic rings. The molecule has 0 N–H and O–H groups in total. The number of benzene rings is 3.